The van der Waals surface area contributed by atoms with Crippen LogP contribution >= 0.6 is 0 Å². The summed E-state index contributed by atoms with van der Waals surface area (Å²) in [5, 5.41) is 9.25. The third-order valence-corrected chi connectivity index (χ3v) is 3.47. The van der Waals surface area contributed by atoms with Crippen molar-refractivity contribution in [3.05, 3.63) is 0 Å². The molecule has 1 aliphatic rings. The SMILES string of the molecule is CCC1(C(=O)O)CCN(C(=O)COC(C)(C)C)C1. The molecule has 0 aromatic heterocycles. The Morgan fingerprint density at radius 2 is 2.00 bits per heavy atom. The van der Waals surface area contributed by atoms with E-state index in [1.54, 1.807) is 4.90 Å². The Morgan fingerprint density at radius 3 is 2.39 bits per heavy atom. The first kappa shape index (κ1) is 15.0. The van der Waals surface area contributed by atoms with Crippen LogP contribution in [0.25, 0.3) is 0 Å². The maximum Gasteiger partial charge on any atom is 0.311 e. The number of ether oxygens (including phenoxy) is 1. The Labute approximate surface area is 108 Å². The fourth-order valence-electron chi connectivity index (χ4n) is 2.07. The van der Waals surface area contributed by atoms with E-state index < -0.39 is 11.4 Å². The highest BCUT2D eigenvalue weighted by Gasteiger charge is 2.44. The van der Waals surface area contributed by atoms with Crippen LogP contribution in [0.3, 0.4) is 0 Å². The van der Waals surface area contributed by atoms with E-state index in [9.17, 15) is 14.7 Å². The average molecular weight is 257 g/mol. The van der Waals surface area contributed by atoms with Gasteiger partial charge in [0, 0.05) is 13.1 Å². The van der Waals surface area contributed by atoms with E-state index in [2.05, 4.69) is 0 Å². The molecule has 1 unspecified atom stereocenters. The molecule has 1 atom stereocenters. The van der Waals surface area contributed by atoms with Crippen LogP contribution in [0.2, 0.25) is 0 Å². The highest BCUT2D eigenvalue weighted by Crippen LogP contribution is 2.34. The Hall–Kier alpha value is -1.10. The van der Waals surface area contributed by atoms with Gasteiger partial charge in [0.1, 0.15) is 6.61 Å². The number of amides is 1. The summed E-state index contributed by atoms with van der Waals surface area (Å²) in [5.74, 6) is -0.932. The van der Waals surface area contributed by atoms with Gasteiger partial charge in [-0.15, -0.1) is 0 Å². The fourth-order valence-corrected chi connectivity index (χ4v) is 2.07. The molecule has 1 saturated heterocycles. The molecule has 0 bridgehead atoms. The normalized spacial score (nSPS) is 24.3. The van der Waals surface area contributed by atoms with Gasteiger partial charge in [-0.1, -0.05) is 6.92 Å². The number of hydrogen-bond donors (Lipinski definition) is 1. The van der Waals surface area contributed by atoms with Crippen LogP contribution in [0, 0.1) is 5.41 Å². The monoisotopic (exact) mass is 257 g/mol. The highest BCUT2D eigenvalue weighted by atomic mass is 16.5. The second kappa shape index (κ2) is 5.26. The Bertz CT molecular complexity index is 334. The third-order valence-electron chi connectivity index (χ3n) is 3.47. The Balaban J connectivity index is 2.56. The molecular formula is C13H23NO4. The number of nitrogens with zero attached hydrogens (tertiary/aromatic N) is 1. The molecular weight excluding hydrogens is 234 g/mol. The fraction of sp³-hybridized carbons (Fsp3) is 0.846. The molecule has 0 radical (unpaired) electrons. The smallest absolute Gasteiger partial charge is 0.311 e. The van der Waals surface area contributed by atoms with Crippen molar-refractivity contribution in [1.29, 1.82) is 0 Å². The van der Waals surface area contributed by atoms with E-state index in [1.807, 2.05) is 27.7 Å². The van der Waals surface area contributed by atoms with Crippen molar-refractivity contribution in [3.8, 4) is 0 Å². The number of likely N-dealkylation sites (tertiary alicyclic amines) is 1. The van der Waals surface area contributed by atoms with Gasteiger partial charge in [0.05, 0.1) is 11.0 Å². The number of carboxylic acid groups (broad SMARTS) is 1. The zero-order valence-corrected chi connectivity index (χ0v) is 11.7. The predicted octanol–water partition coefficient (Wildman–Crippen LogP) is 1.51. The molecule has 0 aromatic carbocycles. The molecule has 1 amide bonds. The van der Waals surface area contributed by atoms with E-state index in [1.165, 1.54) is 0 Å². The minimum atomic E-state index is -0.808. The third kappa shape index (κ3) is 3.45. The summed E-state index contributed by atoms with van der Waals surface area (Å²) in [5.41, 5.74) is -1.12. The summed E-state index contributed by atoms with van der Waals surface area (Å²) in [6, 6.07) is 0. The number of aliphatic carboxylic acids is 1. The van der Waals surface area contributed by atoms with Gasteiger partial charge in [-0.2, -0.15) is 0 Å². The molecule has 0 saturated carbocycles. The van der Waals surface area contributed by atoms with Crippen molar-refractivity contribution >= 4 is 11.9 Å². The first-order valence-electron chi connectivity index (χ1n) is 6.35. The summed E-state index contributed by atoms with van der Waals surface area (Å²) in [6.45, 7) is 8.34. The van der Waals surface area contributed by atoms with Crippen LogP contribution in [0.15, 0.2) is 0 Å². The number of hydrogen-bond acceptors (Lipinski definition) is 3. The Kier molecular flexibility index (Phi) is 4.37. The standard InChI is InChI=1S/C13H23NO4/c1-5-13(11(16)17)6-7-14(9-13)10(15)8-18-12(2,3)4/h5-9H2,1-4H3,(H,16,17). The van der Waals surface area contributed by atoms with Crippen LogP contribution in [0.5, 0.6) is 0 Å². The van der Waals surface area contributed by atoms with Crippen molar-refractivity contribution in [3.63, 3.8) is 0 Å². The molecule has 5 nitrogen and oxygen atoms in total. The second-order valence-electron chi connectivity index (χ2n) is 5.91. The number of rotatable bonds is 4. The minimum Gasteiger partial charge on any atom is -0.481 e. The molecule has 104 valence electrons. The van der Waals surface area contributed by atoms with Gasteiger partial charge >= 0.3 is 5.97 Å². The van der Waals surface area contributed by atoms with Crippen LogP contribution in [0.1, 0.15) is 40.5 Å². The van der Waals surface area contributed by atoms with Crippen LogP contribution in [0.4, 0.5) is 0 Å². The maximum absolute atomic E-state index is 11.9. The Morgan fingerprint density at radius 1 is 1.39 bits per heavy atom. The zero-order valence-electron chi connectivity index (χ0n) is 11.7. The zero-order chi connectivity index (χ0) is 14.0. The van der Waals surface area contributed by atoms with Gasteiger partial charge in [-0.05, 0) is 33.6 Å². The molecule has 1 N–H and O–H groups in total. The number of carboxylic acids is 1. The molecule has 1 heterocycles. The van der Waals surface area contributed by atoms with E-state index >= 15 is 0 Å². The summed E-state index contributed by atoms with van der Waals surface area (Å²) in [7, 11) is 0. The van der Waals surface area contributed by atoms with Crippen LogP contribution in [-0.4, -0.2) is 47.2 Å². The second-order valence-corrected chi connectivity index (χ2v) is 5.91. The van der Waals surface area contributed by atoms with Gasteiger partial charge in [0.2, 0.25) is 5.91 Å². The van der Waals surface area contributed by atoms with E-state index in [-0.39, 0.29) is 18.1 Å². The van der Waals surface area contributed by atoms with Crippen LogP contribution < -0.4 is 0 Å². The highest BCUT2D eigenvalue weighted by molar-refractivity contribution is 5.81. The molecule has 0 aliphatic carbocycles. The summed E-state index contributed by atoms with van der Waals surface area (Å²) in [6.07, 6.45) is 1.08. The lowest BCUT2D eigenvalue weighted by Gasteiger charge is -2.24. The minimum absolute atomic E-state index is 0.0168. The van der Waals surface area contributed by atoms with Crippen molar-refractivity contribution in [2.75, 3.05) is 19.7 Å². The molecule has 1 fully saturated rings. The van der Waals surface area contributed by atoms with Crippen molar-refractivity contribution in [2.24, 2.45) is 5.41 Å². The van der Waals surface area contributed by atoms with E-state index in [0.717, 1.165) is 0 Å². The molecule has 0 spiro atoms. The molecule has 1 rings (SSSR count). The van der Waals surface area contributed by atoms with Gasteiger partial charge in [0.25, 0.3) is 0 Å². The maximum atomic E-state index is 11.9. The van der Waals surface area contributed by atoms with Crippen LogP contribution in [-0.2, 0) is 14.3 Å². The first-order chi connectivity index (χ1) is 8.20. The quantitative estimate of drug-likeness (QED) is 0.829. The summed E-state index contributed by atoms with van der Waals surface area (Å²) in [4.78, 5) is 24.8. The molecule has 18 heavy (non-hydrogen) atoms. The number of carbonyl (C=O) groups is 2. The summed E-state index contributed by atoms with van der Waals surface area (Å²) < 4.78 is 5.43. The van der Waals surface area contributed by atoms with Crippen molar-refractivity contribution in [2.45, 2.75) is 46.1 Å². The molecule has 5 heteroatoms. The van der Waals surface area contributed by atoms with Gasteiger partial charge < -0.3 is 14.7 Å². The topological polar surface area (TPSA) is 66.8 Å². The lowest BCUT2D eigenvalue weighted by Crippen LogP contribution is -2.39. The largest absolute Gasteiger partial charge is 0.481 e. The van der Waals surface area contributed by atoms with E-state index in [4.69, 9.17) is 4.74 Å². The molecule has 0 aromatic rings. The summed E-state index contributed by atoms with van der Waals surface area (Å²) >= 11 is 0. The van der Waals surface area contributed by atoms with Gasteiger partial charge in [-0.25, -0.2) is 0 Å². The van der Waals surface area contributed by atoms with Crippen molar-refractivity contribution < 1.29 is 19.4 Å². The lowest BCUT2D eigenvalue weighted by atomic mass is 9.84. The molecule has 1 aliphatic heterocycles. The van der Waals surface area contributed by atoms with Gasteiger partial charge in [0.15, 0.2) is 0 Å². The van der Waals surface area contributed by atoms with E-state index in [0.29, 0.717) is 25.9 Å². The first-order valence-corrected chi connectivity index (χ1v) is 6.35. The lowest BCUT2D eigenvalue weighted by molar-refractivity contribution is -0.149. The number of carbonyl (C=O) groups excluding carboxylic acids is 1. The average Bonchev–Trinajstić information content (AvgIpc) is 2.70. The van der Waals surface area contributed by atoms with Gasteiger partial charge in [-0.3, -0.25) is 9.59 Å². The van der Waals surface area contributed by atoms with Crippen molar-refractivity contribution in [1.82, 2.24) is 4.90 Å². The predicted molar refractivity (Wildman–Crippen MR) is 67.3 cm³/mol.